The third-order valence-electron chi connectivity index (χ3n) is 8.48. The number of nitrogens with two attached hydrogens (primary N) is 1. The second-order valence-corrected chi connectivity index (χ2v) is 11.0. The number of primary amides is 1. The van der Waals surface area contributed by atoms with E-state index in [2.05, 4.69) is 34.7 Å². The number of carbonyl (C=O) groups excluding carboxylic acids is 2. The Bertz CT molecular complexity index is 1340. The van der Waals surface area contributed by atoms with Crippen molar-refractivity contribution in [2.75, 3.05) is 13.1 Å². The summed E-state index contributed by atoms with van der Waals surface area (Å²) in [6, 6.07) is 10.8. The molecule has 1 aromatic heterocycles. The van der Waals surface area contributed by atoms with E-state index in [9.17, 15) is 18.4 Å². The lowest BCUT2D eigenvalue weighted by atomic mass is 9.80. The predicted molar refractivity (Wildman–Crippen MR) is 149 cm³/mol. The minimum atomic E-state index is -0.931. The molecule has 2 amide bonds. The van der Waals surface area contributed by atoms with Crippen molar-refractivity contribution < 1.29 is 18.4 Å². The number of benzene rings is 2. The molecule has 2 fully saturated rings. The van der Waals surface area contributed by atoms with E-state index in [0.29, 0.717) is 37.4 Å². The SMILES string of the molecule is Cc1cc(/C=C/C(=O)N2CCC(C(NC3CCC(c4c[nH]c5ccccc45)CC3)C(N)=O)CC2)cc(F)c1F. The molecule has 1 aliphatic heterocycles. The summed E-state index contributed by atoms with van der Waals surface area (Å²) in [6.07, 6.45) is 10.5. The molecule has 5 rings (SSSR count). The van der Waals surface area contributed by atoms with Crippen molar-refractivity contribution in [3.63, 3.8) is 0 Å². The molecule has 1 aliphatic carbocycles. The number of fused-ring (bicyclic) bond motifs is 1. The first-order valence-corrected chi connectivity index (χ1v) is 13.8. The Labute approximate surface area is 227 Å². The van der Waals surface area contributed by atoms with Gasteiger partial charge in [-0.15, -0.1) is 0 Å². The molecule has 39 heavy (non-hydrogen) atoms. The minimum Gasteiger partial charge on any atom is -0.368 e. The second kappa shape index (κ2) is 11.7. The number of carbonyl (C=O) groups is 2. The highest BCUT2D eigenvalue weighted by Crippen LogP contribution is 2.37. The van der Waals surface area contributed by atoms with E-state index < -0.39 is 17.7 Å². The van der Waals surface area contributed by atoms with Crippen molar-refractivity contribution in [3.8, 4) is 0 Å². The van der Waals surface area contributed by atoms with E-state index in [0.717, 1.165) is 31.7 Å². The van der Waals surface area contributed by atoms with Crippen LogP contribution in [-0.2, 0) is 9.59 Å². The molecule has 4 N–H and O–H groups in total. The van der Waals surface area contributed by atoms with Gasteiger partial charge in [0.05, 0.1) is 6.04 Å². The number of nitrogens with zero attached hydrogens (tertiary/aromatic N) is 1. The molecule has 2 aliphatic rings. The number of halogens is 2. The van der Waals surface area contributed by atoms with Crippen molar-refractivity contribution in [1.82, 2.24) is 15.2 Å². The lowest BCUT2D eigenvalue weighted by Crippen LogP contribution is -2.54. The third kappa shape index (κ3) is 6.06. The van der Waals surface area contributed by atoms with Crippen molar-refractivity contribution in [1.29, 1.82) is 0 Å². The molecule has 0 bridgehead atoms. The van der Waals surface area contributed by atoms with E-state index in [-0.39, 0.29) is 29.3 Å². The van der Waals surface area contributed by atoms with Crippen molar-refractivity contribution in [2.45, 2.75) is 63.5 Å². The van der Waals surface area contributed by atoms with Crippen molar-refractivity contribution in [2.24, 2.45) is 11.7 Å². The molecule has 3 aromatic rings. The van der Waals surface area contributed by atoms with Gasteiger partial charge in [0.25, 0.3) is 0 Å². The van der Waals surface area contributed by atoms with E-state index in [1.54, 1.807) is 4.90 Å². The number of hydrogen-bond donors (Lipinski definition) is 3. The molecule has 6 nitrogen and oxygen atoms in total. The molecule has 0 radical (unpaired) electrons. The van der Waals surface area contributed by atoms with Crippen molar-refractivity contribution >= 4 is 28.8 Å². The summed E-state index contributed by atoms with van der Waals surface area (Å²) in [5.41, 5.74) is 9.01. The number of piperidine rings is 1. The number of H-pyrrole nitrogens is 1. The Morgan fingerprint density at radius 3 is 2.49 bits per heavy atom. The summed E-state index contributed by atoms with van der Waals surface area (Å²) in [6.45, 7) is 2.52. The molecular weight excluding hydrogens is 498 g/mol. The average molecular weight is 535 g/mol. The largest absolute Gasteiger partial charge is 0.368 e. The van der Waals surface area contributed by atoms with E-state index in [4.69, 9.17) is 5.73 Å². The lowest BCUT2D eigenvalue weighted by Gasteiger charge is -2.38. The van der Waals surface area contributed by atoms with Gasteiger partial charge in [-0.1, -0.05) is 18.2 Å². The van der Waals surface area contributed by atoms with Gasteiger partial charge in [0.15, 0.2) is 11.6 Å². The van der Waals surface area contributed by atoms with Crippen LogP contribution in [0.15, 0.2) is 48.7 Å². The van der Waals surface area contributed by atoms with Crippen LogP contribution in [0.5, 0.6) is 0 Å². The van der Waals surface area contributed by atoms with Gasteiger partial charge < -0.3 is 20.9 Å². The molecular formula is C31H36F2N4O2. The maximum absolute atomic E-state index is 13.7. The van der Waals surface area contributed by atoms with Crippen LogP contribution >= 0.6 is 0 Å². The number of nitrogens with one attached hydrogen (secondary N) is 2. The smallest absolute Gasteiger partial charge is 0.246 e. The Morgan fingerprint density at radius 1 is 1.08 bits per heavy atom. The zero-order valence-corrected chi connectivity index (χ0v) is 22.3. The first-order valence-electron chi connectivity index (χ1n) is 13.8. The number of rotatable bonds is 7. The number of amides is 2. The molecule has 8 heteroatoms. The van der Waals surface area contributed by atoms with Gasteiger partial charge in [-0.25, -0.2) is 8.78 Å². The summed E-state index contributed by atoms with van der Waals surface area (Å²) in [4.78, 5) is 30.2. The normalized spacial score (nSPS) is 21.5. The fourth-order valence-electron chi connectivity index (χ4n) is 6.28. The van der Waals surface area contributed by atoms with Crippen molar-refractivity contribution in [3.05, 3.63) is 77.0 Å². The fourth-order valence-corrected chi connectivity index (χ4v) is 6.28. The highest BCUT2D eigenvalue weighted by molar-refractivity contribution is 5.92. The maximum atomic E-state index is 13.7. The number of aromatic nitrogens is 1. The standard InChI is InChI=1S/C31H36F2N4O2/c1-19-16-20(17-26(32)29(19)33)6-11-28(38)37-14-12-22(13-15-37)30(31(34)39)36-23-9-7-21(8-10-23)25-18-35-27-5-3-2-4-24(25)27/h2-6,11,16-18,21-23,30,35-36H,7-10,12-15H2,1H3,(H2,34,39)/b11-6+. The van der Waals surface area contributed by atoms with Crippen LogP contribution in [0.25, 0.3) is 17.0 Å². The minimum absolute atomic E-state index is 0.0655. The molecule has 2 heterocycles. The molecule has 1 saturated carbocycles. The number of aryl methyl sites for hydroxylation is 1. The van der Waals surface area contributed by atoms with Gasteiger partial charge in [0, 0.05) is 42.3 Å². The number of likely N-dealkylation sites (tertiary alicyclic amines) is 1. The van der Waals surface area contributed by atoms with Gasteiger partial charge in [0.2, 0.25) is 11.8 Å². The first-order chi connectivity index (χ1) is 18.8. The lowest BCUT2D eigenvalue weighted by molar-refractivity contribution is -0.128. The second-order valence-electron chi connectivity index (χ2n) is 11.0. The maximum Gasteiger partial charge on any atom is 0.246 e. The first kappa shape index (κ1) is 27.1. The summed E-state index contributed by atoms with van der Waals surface area (Å²) in [5, 5.41) is 4.86. The van der Waals surface area contributed by atoms with Crippen LogP contribution in [0.4, 0.5) is 8.78 Å². The van der Waals surface area contributed by atoms with E-state index in [1.807, 2.05) is 6.07 Å². The van der Waals surface area contributed by atoms with Crippen LogP contribution in [-0.4, -0.2) is 46.9 Å². The molecule has 1 unspecified atom stereocenters. The van der Waals surface area contributed by atoms with Crippen LogP contribution in [0.3, 0.4) is 0 Å². The Balaban J connectivity index is 1.13. The Hall–Kier alpha value is -3.52. The summed E-state index contributed by atoms with van der Waals surface area (Å²) >= 11 is 0. The predicted octanol–water partition coefficient (Wildman–Crippen LogP) is 5.18. The Morgan fingerprint density at radius 2 is 1.79 bits per heavy atom. The van der Waals surface area contributed by atoms with Gasteiger partial charge >= 0.3 is 0 Å². The molecule has 0 spiro atoms. The van der Waals surface area contributed by atoms with Crippen LogP contribution in [0.1, 0.15) is 61.1 Å². The number of aromatic amines is 1. The fraction of sp³-hybridized carbons (Fsp3) is 0.419. The van der Waals surface area contributed by atoms with Crippen LogP contribution in [0, 0.1) is 24.5 Å². The van der Waals surface area contributed by atoms with Gasteiger partial charge in [-0.3, -0.25) is 9.59 Å². The zero-order valence-electron chi connectivity index (χ0n) is 22.3. The van der Waals surface area contributed by atoms with Gasteiger partial charge in [0.1, 0.15) is 0 Å². The monoisotopic (exact) mass is 534 g/mol. The highest BCUT2D eigenvalue weighted by Gasteiger charge is 2.34. The Kier molecular flexibility index (Phi) is 8.12. The zero-order chi connectivity index (χ0) is 27.5. The molecule has 1 saturated heterocycles. The van der Waals surface area contributed by atoms with E-state index >= 15 is 0 Å². The molecule has 206 valence electrons. The van der Waals surface area contributed by atoms with Gasteiger partial charge in [-0.05, 0) is 98.2 Å². The summed E-state index contributed by atoms with van der Waals surface area (Å²) < 4.78 is 27.2. The number of para-hydroxylation sites is 1. The van der Waals surface area contributed by atoms with Crippen LogP contribution in [0.2, 0.25) is 0 Å². The van der Waals surface area contributed by atoms with Crippen LogP contribution < -0.4 is 11.1 Å². The average Bonchev–Trinajstić information content (AvgIpc) is 3.38. The molecule has 1 atom stereocenters. The van der Waals surface area contributed by atoms with Gasteiger partial charge in [-0.2, -0.15) is 0 Å². The summed E-state index contributed by atoms with van der Waals surface area (Å²) in [7, 11) is 0. The third-order valence-corrected chi connectivity index (χ3v) is 8.48. The highest BCUT2D eigenvalue weighted by atomic mass is 19.2. The topological polar surface area (TPSA) is 91.2 Å². The quantitative estimate of drug-likeness (QED) is 0.365. The molecule has 2 aromatic carbocycles. The van der Waals surface area contributed by atoms with E-state index in [1.165, 1.54) is 41.6 Å². The number of hydrogen-bond acceptors (Lipinski definition) is 3. The summed E-state index contributed by atoms with van der Waals surface area (Å²) in [5.74, 6) is -1.76.